The molecule has 0 bridgehead atoms. The number of Topliss-reactive ketones (excluding diaryl/α,β-unsaturated/α-hetero) is 1. The number of carbonyl (C=O) groups excluding carboxylic acids is 1. The van der Waals surface area contributed by atoms with Crippen LogP contribution in [0.1, 0.15) is 43.4 Å². The summed E-state index contributed by atoms with van der Waals surface area (Å²) in [5.74, 6) is -0.351. The monoisotopic (exact) mass is 638 g/mol. The summed E-state index contributed by atoms with van der Waals surface area (Å²) in [5, 5.41) is 17.9. The van der Waals surface area contributed by atoms with E-state index < -0.39 is 37.1 Å². The van der Waals surface area contributed by atoms with Crippen LogP contribution in [0.15, 0.2) is 81.6 Å². The van der Waals surface area contributed by atoms with Gasteiger partial charge in [-0.3, -0.25) is 14.8 Å². The summed E-state index contributed by atoms with van der Waals surface area (Å²) in [6.07, 6.45) is 1.96. The molecule has 1 atom stereocenters. The first-order valence-electron chi connectivity index (χ1n) is 13.9. The first-order chi connectivity index (χ1) is 20.7. The van der Waals surface area contributed by atoms with Gasteiger partial charge >= 0.3 is 0 Å². The molecule has 4 N–H and O–H groups in total. The third-order valence-corrected chi connectivity index (χ3v) is 9.51. The van der Waals surface area contributed by atoms with Crippen LogP contribution in [0, 0.1) is 5.92 Å². The number of benzene rings is 3. The molecule has 1 heterocycles. The van der Waals surface area contributed by atoms with E-state index in [1.54, 1.807) is 31.4 Å². The molecule has 11 nitrogen and oxygen atoms in total. The van der Waals surface area contributed by atoms with Crippen LogP contribution in [0.4, 0.5) is 11.4 Å². The molecule has 0 amide bonds. The molecule has 1 aliphatic carbocycles. The Morgan fingerprint density at radius 3 is 2.52 bits per heavy atom. The Hall–Kier alpha value is -4.20. The summed E-state index contributed by atoms with van der Waals surface area (Å²) in [6.45, 7) is 4.37. The second kappa shape index (κ2) is 11.7. The normalized spacial score (nSPS) is 19.1. The number of carbonyl (C=O) groups is 1. The molecule has 1 unspecified atom stereocenters. The smallest absolute Gasteiger partial charge is 0.286 e. The molecule has 3 aromatic carbocycles. The predicted octanol–water partition coefficient (Wildman–Crippen LogP) is 4.55. The summed E-state index contributed by atoms with van der Waals surface area (Å²) < 4.78 is 61.7. The van der Waals surface area contributed by atoms with Crippen molar-refractivity contribution in [1.29, 1.82) is 0 Å². The van der Waals surface area contributed by atoms with Gasteiger partial charge in [-0.05, 0) is 60.2 Å². The van der Waals surface area contributed by atoms with Gasteiger partial charge in [0, 0.05) is 17.8 Å². The molecule has 3 aromatic rings. The average Bonchev–Trinajstić information content (AvgIpc) is 2.96. The largest absolute Gasteiger partial charge is 0.506 e. The minimum absolute atomic E-state index is 0.0365. The van der Waals surface area contributed by atoms with E-state index in [2.05, 4.69) is 19.8 Å². The van der Waals surface area contributed by atoms with E-state index in [0.29, 0.717) is 29.7 Å². The molecule has 0 saturated carbocycles. The molecular weight excluding hydrogens is 604 g/mol. The van der Waals surface area contributed by atoms with Crippen molar-refractivity contribution in [2.24, 2.45) is 10.3 Å². The summed E-state index contributed by atoms with van der Waals surface area (Å²) >= 11 is 0. The van der Waals surface area contributed by atoms with Gasteiger partial charge in [-0.2, -0.15) is 8.42 Å². The fourth-order valence-corrected chi connectivity index (χ4v) is 7.16. The lowest BCUT2D eigenvalue weighted by atomic mass is 9.71. The first kappa shape index (κ1) is 31.2. The zero-order chi connectivity index (χ0) is 31.9. The Morgan fingerprint density at radius 1 is 1.07 bits per heavy atom. The van der Waals surface area contributed by atoms with Gasteiger partial charge in [-0.1, -0.05) is 50.2 Å². The fourth-order valence-electron chi connectivity index (χ4n) is 5.46. The fraction of sp³-hybridized carbons (Fsp3) is 0.290. The minimum Gasteiger partial charge on any atom is -0.506 e. The number of hydrogen-bond donors (Lipinski definition) is 4. The number of aliphatic hydroxyl groups excluding tert-OH is 1. The maximum absolute atomic E-state index is 14.7. The molecule has 232 valence electrons. The summed E-state index contributed by atoms with van der Waals surface area (Å²) in [4.78, 5) is 14.4. The second-order valence-corrected chi connectivity index (χ2v) is 14.6. The number of nitrogens with one attached hydrogen (secondary N) is 3. The third kappa shape index (κ3) is 6.07. The highest BCUT2D eigenvalue weighted by atomic mass is 32.2. The standard InChI is InChI=1S/C31H34N4O7S2/c1-19(2)14-15-31(32-18-20-8-7-9-22(16-20)42-3)24-11-6-5-10-23(24)28(36)27(29(31)37)30-33-25-13-12-21(34-43(4,38)39)17-26(25)44(40,41)35-30/h5-13,16-17,19,32,34,36H,14-15,18H2,1-4H3,(H,33,35). The molecule has 0 fully saturated rings. The van der Waals surface area contributed by atoms with Crippen LogP contribution in [0.2, 0.25) is 0 Å². The van der Waals surface area contributed by atoms with Gasteiger partial charge in [-0.15, -0.1) is 4.40 Å². The van der Waals surface area contributed by atoms with Gasteiger partial charge in [-0.25, -0.2) is 8.42 Å². The lowest BCUT2D eigenvalue weighted by Crippen LogP contribution is -2.53. The molecule has 0 spiro atoms. The average molecular weight is 639 g/mol. The number of methoxy groups -OCH3 is 1. The van der Waals surface area contributed by atoms with Crippen LogP contribution < -0.4 is 20.1 Å². The quantitative estimate of drug-likeness (QED) is 0.249. The van der Waals surface area contributed by atoms with E-state index >= 15 is 0 Å². The molecular formula is C31H34N4O7S2. The summed E-state index contributed by atoms with van der Waals surface area (Å²) in [7, 11) is -6.50. The van der Waals surface area contributed by atoms with E-state index in [1.165, 1.54) is 12.1 Å². The number of ether oxygens (including phenoxy) is 1. The zero-order valence-electron chi connectivity index (χ0n) is 24.7. The van der Waals surface area contributed by atoms with E-state index in [-0.39, 0.29) is 40.1 Å². The van der Waals surface area contributed by atoms with Crippen molar-refractivity contribution in [2.75, 3.05) is 23.4 Å². The van der Waals surface area contributed by atoms with Crippen LogP contribution >= 0.6 is 0 Å². The molecule has 44 heavy (non-hydrogen) atoms. The van der Waals surface area contributed by atoms with E-state index in [4.69, 9.17) is 4.74 Å². The molecule has 0 radical (unpaired) electrons. The van der Waals surface area contributed by atoms with Gasteiger partial charge < -0.3 is 15.2 Å². The zero-order valence-corrected chi connectivity index (χ0v) is 26.3. The van der Waals surface area contributed by atoms with E-state index in [1.807, 2.05) is 38.1 Å². The Morgan fingerprint density at radius 2 is 1.82 bits per heavy atom. The van der Waals surface area contributed by atoms with Crippen LogP contribution in [0.25, 0.3) is 5.76 Å². The van der Waals surface area contributed by atoms with E-state index in [9.17, 15) is 26.7 Å². The molecule has 1 aliphatic heterocycles. The van der Waals surface area contributed by atoms with Crippen LogP contribution in [0.3, 0.4) is 0 Å². The highest BCUT2D eigenvalue weighted by molar-refractivity contribution is 7.92. The first-order valence-corrected chi connectivity index (χ1v) is 17.3. The highest BCUT2D eigenvalue weighted by Crippen LogP contribution is 2.43. The number of aliphatic hydroxyl groups is 1. The molecule has 0 aromatic heterocycles. The highest BCUT2D eigenvalue weighted by Gasteiger charge is 2.49. The lowest BCUT2D eigenvalue weighted by molar-refractivity contribution is -0.122. The maximum Gasteiger partial charge on any atom is 0.286 e. The van der Waals surface area contributed by atoms with Crippen LogP contribution in [-0.4, -0.2) is 46.9 Å². The predicted molar refractivity (Wildman–Crippen MR) is 170 cm³/mol. The van der Waals surface area contributed by atoms with Crippen molar-refractivity contribution in [3.8, 4) is 5.75 Å². The molecule has 0 saturated heterocycles. The molecule has 13 heteroatoms. The maximum atomic E-state index is 14.7. The Bertz CT molecular complexity index is 1920. The van der Waals surface area contributed by atoms with Gasteiger partial charge in [0.2, 0.25) is 10.0 Å². The number of nitrogens with zero attached hydrogens (tertiary/aromatic N) is 1. The van der Waals surface area contributed by atoms with Crippen LogP contribution in [0.5, 0.6) is 5.75 Å². The number of sulfonamides is 2. The second-order valence-electron chi connectivity index (χ2n) is 11.3. The van der Waals surface area contributed by atoms with E-state index in [0.717, 1.165) is 17.9 Å². The van der Waals surface area contributed by atoms with Crippen molar-refractivity contribution in [3.05, 3.63) is 89.0 Å². The van der Waals surface area contributed by atoms with Crippen molar-refractivity contribution >= 4 is 48.8 Å². The van der Waals surface area contributed by atoms with Crippen LogP contribution in [-0.2, 0) is 36.9 Å². The number of amidine groups is 1. The lowest BCUT2D eigenvalue weighted by Gasteiger charge is -2.40. The minimum atomic E-state index is -4.41. The van der Waals surface area contributed by atoms with Crippen molar-refractivity contribution in [2.45, 2.75) is 43.7 Å². The van der Waals surface area contributed by atoms with Crippen molar-refractivity contribution in [3.63, 3.8) is 0 Å². The summed E-state index contributed by atoms with van der Waals surface area (Å²) in [6, 6.07) is 18.4. The SMILES string of the molecule is COc1cccc(CNC2(CCC(C)C)C(=O)C(C3=NS(=O)(=O)c4cc(NS(C)(=O)=O)ccc4N3)=C(O)c3ccccc32)c1. The number of hydrogen-bond acceptors (Lipinski definition) is 9. The van der Waals surface area contributed by atoms with Gasteiger partial charge in [0.1, 0.15) is 27.5 Å². The number of anilines is 2. The Balaban J connectivity index is 1.62. The topological polar surface area (TPSA) is 163 Å². The van der Waals surface area contributed by atoms with Crippen molar-refractivity contribution < 1.29 is 31.5 Å². The number of ketones is 1. The van der Waals surface area contributed by atoms with Gasteiger partial charge in [0.25, 0.3) is 10.0 Å². The Kier molecular flexibility index (Phi) is 8.31. The molecule has 2 aliphatic rings. The number of fused-ring (bicyclic) bond motifs is 2. The number of rotatable bonds is 10. The van der Waals surface area contributed by atoms with Crippen molar-refractivity contribution in [1.82, 2.24) is 5.32 Å². The van der Waals surface area contributed by atoms with Gasteiger partial charge in [0.05, 0.1) is 19.1 Å². The third-order valence-electron chi connectivity index (χ3n) is 7.58. The summed E-state index contributed by atoms with van der Waals surface area (Å²) in [5.41, 5.74) is 0.339. The molecule has 5 rings (SSSR count). The van der Waals surface area contributed by atoms with Gasteiger partial charge in [0.15, 0.2) is 11.6 Å². The Labute approximate surface area is 257 Å².